The van der Waals surface area contributed by atoms with E-state index in [1.54, 1.807) is 20.8 Å². The summed E-state index contributed by atoms with van der Waals surface area (Å²) in [4.78, 5) is 33.9. The molecule has 0 rings (SSSR count). The van der Waals surface area contributed by atoms with Crippen LogP contribution in [0.25, 0.3) is 0 Å². The molecule has 0 aromatic rings. The second-order valence-electron chi connectivity index (χ2n) is 2.82. The van der Waals surface area contributed by atoms with Crippen molar-refractivity contribution in [2.45, 2.75) is 33.6 Å². The van der Waals surface area contributed by atoms with Gasteiger partial charge in [-0.15, -0.1) is 0 Å². The second-order valence-corrected chi connectivity index (χ2v) is 2.82. The molecule has 0 amide bonds. The smallest absolute Gasteiger partial charge is 0.324 e. The Morgan fingerprint density at radius 1 is 1.00 bits per heavy atom. The number of carbonyl (C=O) groups excluding carboxylic acids is 3. The molecule has 4 heteroatoms. The summed E-state index contributed by atoms with van der Waals surface area (Å²) in [5.74, 6) is -2.65. The van der Waals surface area contributed by atoms with E-state index in [0.29, 0.717) is 0 Å². The quantitative estimate of drug-likeness (QED) is 0.476. The van der Waals surface area contributed by atoms with E-state index >= 15 is 0 Å². The number of carbonyl (C=O) groups is 3. The number of hydrogen-bond donors (Lipinski definition) is 0. The molecular formula is C10H16O4. The van der Waals surface area contributed by atoms with Crippen LogP contribution in [0.15, 0.2) is 0 Å². The molecule has 0 radical (unpaired) electrons. The Bertz CT molecular complexity index is 216. The first kappa shape index (κ1) is 12.8. The van der Waals surface area contributed by atoms with Crippen LogP contribution >= 0.6 is 0 Å². The van der Waals surface area contributed by atoms with Gasteiger partial charge in [0.05, 0.1) is 6.61 Å². The van der Waals surface area contributed by atoms with Crippen molar-refractivity contribution in [1.82, 2.24) is 0 Å². The molecule has 0 aromatic heterocycles. The molecule has 0 atom stereocenters. The summed E-state index contributed by atoms with van der Waals surface area (Å²) in [6, 6.07) is 0. The van der Waals surface area contributed by atoms with Gasteiger partial charge in [0.25, 0.3) is 0 Å². The molecule has 0 heterocycles. The summed E-state index contributed by atoms with van der Waals surface area (Å²) in [5, 5.41) is 0. The molecular weight excluding hydrogens is 184 g/mol. The molecule has 0 bridgehead atoms. The lowest BCUT2D eigenvalue weighted by Gasteiger charge is -2.11. The van der Waals surface area contributed by atoms with E-state index in [-0.39, 0.29) is 31.0 Å². The first-order valence-corrected chi connectivity index (χ1v) is 4.80. The lowest BCUT2D eigenvalue weighted by molar-refractivity contribution is -0.154. The van der Waals surface area contributed by atoms with Crippen LogP contribution < -0.4 is 0 Å². The zero-order valence-electron chi connectivity index (χ0n) is 8.83. The van der Waals surface area contributed by atoms with Crippen LogP contribution in [-0.4, -0.2) is 24.1 Å². The van der Waals surface area contributed by atoms with Crippen molar-refractivity contribution >= 4 is 17.5 Å². The Labute approximate surface area is 83.6 Å². The van der Waals surface area contributed by atoms with E-state index < -0.39 is 11.9 Å². The van der Waals surface area contributed by atoms with Crippen molar-refractivity contribution in [2.24, 2.45) is 5.92 Å². The Morgan fingerprint density at radius 3 is 1.71 bits per heavy atom. The zero-order chi connectivity index (χ0) is 11.1. The third-order valence-electron chi connectivity index (χ3n) is 1.86. The minimum absolute atomic E-state index is 0.176. The SMILES string of the molecule is CCOC(=O)C(C(=O)CC)C(=O)CC. The maximum atomic E-state index is 11.3. The maximum Gasteiger partial charge on any atom is 0.324 e. The minimum atomic E-state index is -1.20. The molecule has 0 saturated carbocycles. The average molecular weight is 200 g/mol. The van der Waals surface area contributed by atoms with Crippen molar-refractivity contribution in [3.8, 4) is 0 Å². The molecule has 14 heavy (non-hydrogen) atoms. The number of Topliss-reactive ketones (excluding diaryl/α,β-unsaturated/α-hetero) is 2. The van der Waals surface area contributed by atoms with E-state index in [1.807, 2.05) is 0 Å². The monoisotopic (exact) mass is 200 g/mol. The van der Waals surface area contributed by atoms with Crippen molar-refractivity contribution in [3.63, 3.8) is 0 Å². The summed E-state index contributed by atoms with van der Waals surface area (Å²) < 4.78 is 4.67. The van der Waals surface area contributed by atoms with Gasteiger partial charge in [0, 0.05) is 12.8 Å². The van der Waals surface area contributed by atoms with Gasteiger partial charge in [0.1, 0.15) is 0 Å². The van der Waals surface area contributed by atoms with Crippen LogP contribution in [0.3, 0.4) is 0 Å². The molecule has 0 N–H and O–H groups in total. The van der Waals surface area contributed by atoms with E-state index in [9.17, 15) is 14.4 Å². The fraction of sp³-hybridized carbons (Fsp3) is 0.700. The van der Waals surface area contributed by atoms with Gasteiger partial charge in [0.2, 0.25) is 0 Å². The van der Waals surface area contributed by atoms with Gasteiger partial charge < -0.3 is 4.74 Å². The number of ether oxygens (including phenoxy) is 1. The Balaban J connectivity index is 4.63. The molecule has 0 saturated heterocycles. The third kappa shape index (κ3) is 3.28. The van der Waals surface area contributed by atoms with E-state index in [2.05, 4.69) is 4.74 Å². The normalized spacial score (nSPS) is 10.0. The highest BCUT2D eigenvalue weighted by Gasteiger charge is 2.32. The summed E-state index contributed by atoms with van der Waals surface area (Å²) in [6.45, 7) is 5.07. The zero-order valence-corrected chi connectivity index (χ0v) is 8.83. The van der Waals surface area contributed by atoms with Gasteiger partial charge in [-0.25, -0.2) is 0 Å². The van der Waals surface area contributed by atoms with Gasteiger partial charge in [-0.05, 0) is 6.92 Å². The molecule has 0 fully saturated rings. The highest BCUT2D eigenvalue weighted by atomic mass is 16.5. The number of esters is 1. The van der Waals surface area contributed by atoms with E-state index in [4.69, 9.17) is 0 Å². The van der Waals surface area contributed by atoms with Crippen LogP contribution in [0.4, 0.5) is 0 Å². The molecule has 4 nitrogen and oxygen atoms in total. The predicted octanol–water partition coefficient (Wildman–Crippen LogP) is 1.12. The number of ketones is 2. The van der Waals surface area contributed by atoms with Crippen molar-refractivity contribution in [3.05, 3.63) is 0 Å². The summed E-state index contributed by atoms with van der Waals surface area (Å²) in [7, 11) is 0. The lowest BCUT2D eigenvalue weighted by Crippen LogP contribution is -2.32. The summed E-state index contributed by atoms with van der Waals surface area (Å²) in [5.41, 5.74) is 0. The van der Waals surface area contributed by atoms with Crippen molar-refractivity contribution in [1.29, 1.82) is 0 Å². The Morgan fingerprint density at radius 2 is 1.43 bits per heavy atom. The van der Waals surface area contributed by atoms with Crippen LogP contribution in [0.1, 0.15) is 33.6 Å². The van der Waals surface area contributed by atoms with Crippen molar-refractivity contribution < 1.29 is 19.1 Å². The maximum absolute atomic E-state index is 11.3. The number of hydrogen-bond acceptors (Lipinski definition) is 4. The standard InChI is InChI=1S/C10H16O4/c1-4-7(11)9(8(12)5-2)10(13)14-6-3/h9H,4-6H2,1-3H3. The molecule has 0 aliphatic heterocycles. The fourth-order valence-electron chi connectivity index (χ4n) is 1.08. The van der Waals surface area contributed by atoms with Crippen LogP contribution in [0, 0.1) is 5.92 Å². The minimum Gasteiger partial charge on any atom is -0.465 e. The molecule has 0 aliphatic carbocycles. The van der Waals surface area contributed by atoms with Gasteiger partial charge >= 0.3 is 5.97 Å². The largest absolute Gasteiger partial charge is 0.465 e. The average Bonchev–Trinajstić information content (AvgIpc) is 2.17. The molecule has 0 unspecified atom stereocenters. The van der Waals surface area contributed by atoms with E-state index in [1.165, 1.54) is 0 Å². The summed E-state index contributed by atoms with van der Waals surface area (Å²) in [6.07, 6.45) is 0.352. The van der Waals surface area contributed by atoms with Crippen molar-refractivity contribution in [2.75, 3.05) is 6.61 Å². The second kappa shape index (κ2) is 6.29. The van der Waals surface area contributed by atoms with Crippen LogP contribution in [0.2, 0.25) is 0 Å². The van der Waals surface area contributed by atoms with E-state index in [0.717, 1.165) is 0 Å². The van der Waals surface area contributed by atoms with Gasteiger partial charge in [-0.1, -0.05) is 13.8 Å². The highest BCUT2D eigenvalue weighted by molar-refractivity contribution is 6.17. The molecule has 0 aliphatic rings. The van der Waals surface area contributed by atoms with Gasteiger partial charge in [0.15, 0.2) is 17.5 Å². The van der Waals surface area contributed by atoms with Crippen LogP contribution in [-0.2, 0) is 19.1 Å². The topological polar surface area (TPSA) is 60.4 Å². The molecule has 0 aromatic carbocycles. The predicted molar refractivity (Wildman–Crippen MR) is 50.7 cm³/mol. The Kier molecular flexibility index (Phi) is 5.76. The van der Waals surface area contributed by atoms with Gasteiger partial charge in [-0.3, -0.25) is 14.4 Å². The fourth-order valence-corrected chi connectivity index (χ4v) is 1.08. The first-order valence-electron chi connectivity index (χ1n) is 4.80. The lowest BCUT2D eigenvalue weighted by atomic mass is 9.96. The third-order valence-corrected chi connectivity index (χ3v) is 1.86. The van der Waals surface area contributed by atoms with Gasteiger partial charge in [-0.2, -0.15) is 0 Å². The summed E-state index contributed by atoms with van der Waals surface area (Å²) >= 11 is 0. The highest BCUT2D eigenvalue weighted by Crippen LogP contribution is 2.08. The first-order chi connectivity index (χ1) is 6.58. The molecule has 0 spiro atoms. The molecule has 80 valence electrons. The number of rotatable bonds is 6. The van der Waals surface area contributed by atoms with Crippen LogP contribution in [0.5, 0.6) is 0 Å². The Hall–Kier alpha value is -1.19.